The summed E-state index contributed by atoms with van der Waals surface area (Å²) in [6, 6.07) is 8.19. The number of ether oxygens (including phenoxy) is 1. The Hall–Kier alpha value is -2.57. The normalized spacial score (nSPS) is 10.4. The SMILES string of the molecule is CC(C)(C)OC(=O)NCC(=O)NOC(=O)c1ccccc1. The number of nitrogens with one attached hydrogen (secondary N) is 2. The second kappa shape index (κ2) is 7.28. The monoisotopic (exact) mass is 294 g/mol. The Morgan fingerprint density at radius 2 is 1.71 bits per heavy atom. The summed E-state index contributed by atoms with van der Waals surface area (Å²) in [5.41, 5.74) is 1.59. The van der Waals surface area contributed by atoms with E-state index >= 15 is 0 Å². The zero-order chi connectivity index (χ0) is 15.9. The van der Waals surface area contributed by atoms with Crippen molar-refractivity contribution >= 4 is 18.0 Å². The Kier molecular flexibility index (Phi) is 5.71. The van der Waals surface area contributed by atoms with Crippen LogP contribution in [-0.4, -0.2) is 30.1 Å². The van der Waals surface area contributed by atoms with Gasteiger partial charge in [0.1, 0.15) is 12.1 Å². The fourth-order valence-electron chi connectivity index (χ4n) is 1.24. The number of alkyl carbamates (subject to hydrolysis) is 1. The molecule has 7 heteroatoms. The molecule has 7 nitrogen and oxygen atoms in total. The third-order valence-electron chi connectivity index (χ3n) is 2.06. The highest BCUT2D eigenvalue weighted by Gasteiger charge is 2.17. The zero-order valence-corrected chi connectivity index (χ0v) is 12.1. The molecule has 0 aliphatic rings. The van der Waals surface area contributed by atoms with Gasteiger partial charge in [-0.05, 0) is 32.9 Å². The van der Waals surface area contributed by atoms with Crippen LogP contribution in [0.25, 0.3) is 0 Å². The lowest BCUT2D eigenvalue weighted by molar-refractivity contribution is -0.129. The van der Waals surface area contributed by atoms with E-state index in [0.29, 0.717) is 5.56 Å². The molecule has 0 unspecified atom stereocenters. The van der Waals surface area contributed by atoms with Gasteiger partial charge in [-0.2, -0.15) is 5.48 Å². The lowest BCUT2D eigenvalue weighted by Gasteiger charge is -2.19. The molecule has 0 spiro atoms. The van der Waals surface area contributed by atoms with Crippen molar-refractivity contribution in [2.24, 2.45) is 0 Å². The van der Waals surface area contributed by atoms with E-state index in [1.54, 1.807) is 51.1 Å². The van der Waals surface area contributed by atoms with Crippen molar-refractivity contribution in [3.05, 3.63) is 35.9 Å². The summed E-state index contributed by atoms with van der Waals surface area (Å²) in [5.74, 6) is -1.37. The topological polar surface area (TPSA) is 93.7 Å². The van der Waals surface area contributed by atoms with E-state index in [4.69, 9.17) is 4.74 Å². The van der Waals surface area contributed by atoms with Crippen molar-refractivity contribution < 1.29 is 24.0 Å². The first-order valence-electron chi connectivity index (χ1n) is 6.30. The van der Waals surface area contributed by atoms with E-state index in [2.05, 4.69) is 10.2 Å². The predicted molar refractivity (Wildman–Crippen MR) is 74.2 cm³/mol. The van der Waals surface area contributed by atoms with E-state index in [0.717, 1.165) is 0 Å². The van der Waals surface area contributed by atoms with E-state index in [9.17, 15) is 14.4 Å². The molecule has 0 fully saturated rings. The van der Waals surface area contributed by atoms with Gasteiger partial charge in [0.25, 0.3) is 5.91 Å². The van der Waals surface area contributed by atoms with Crippen molar-refractivity contribution in [2.45, 2.75) is 26.4 Å². The third-order valence-corrected chi connectivity index (χ3v) is 2.06. The molecule has 0 atom stereocenters. The van der Waals surface area contributed by atoms with Crippen LogP contribution in [0.4, 0.5) is 4.79 Å². The Bertz CT molecular complexity index is 508. The maximum Gasteiger partial charge on any atom is 0.408 e. The lowest BCUT2D eigenvalue weighted by Crippen LogP contribution is -2.40. The summed E-state index contributed by atoms with van der Waals surface area (Å²) in [6.45, 7) is 4.74. The summed E-state index contributed by atoms with van der Waals surface area (Å²) in [4.78, 5) is 38.8. The molecule has 0 aliphatic heterocycles. The summed E-state index contributed by atoms with van der Waals surface area (Å²) in [5, 5.41) is 2.24. The first-order chi connectivity index (χ1) is 9.78. The smallest absolute Gasteiger partial charge is 0.408 e. The van der Waals surface area contributed by atoms with Gasteiger partial charge in [0.05, 0.1) is 5.56 Å². The minimum absolute atomic E-state index is 0.304. The Balaban J connectivity index is 2.29. The van der Waals surface area contributed by atoms with Gasteiger partial charge in [0.2, 0.25) is 0 Å². The van der Waals surface area contributed by atoms with Crippen LogP contribution in [0.15, 0.2) is 30.3 Å². The fraction of sp³-hybridized carbons (Fsp3) is 0.357. The van der Waals surface area contributed by atoms with Crippen LogP contribution in [0.1, 0.15) is 31.1 Å². The Morgan fingerprint density at radius 1 is 1.10 bits per heavy atom. The molecule has 21 heavy (non-hydrogen) atoms. The van der Waals surface area contributed by atoms with Gasteiger partial charge < -0.3 is 14.9 Å². The van der Waals surface area contributed by atoms with Gasteiger partial charge in [-0.25, -0.2) is 9.59 Å². The van der Waals surface area contributed by atoms with Crippen LogP contribution < -0.4 is 10.8 Å². The van der Waals surface area contributed by atoms with Crippen LogP contribution in [0.3, 0.4) is 0 Å². The number of hydrogen-bond acceptors (Lipinski definition) is 5. The molecule has 114 valence electrons. The maximum absolute atomic E-state index is 11.5. The van der Waals surface area contributed by atoms with Gasteiger partial charge >= 0.3 is 12.1 Å². The summed E-state index contributed by atoms with van der Waals surface area (Å²) >= 11 is 0. The number of carbonyl (C=O) groups is 3. The van der Waals surface area contributed by atoms with Gasteiger partial charge in [-0.3, -0.25) is 4.79 Å². The van der Waals surface area contributed by atoms with Gasteiger partial charge in [-0.1, -0.05) is 18.2 Å². The largest absolute Gasteiger partial charge is 0.444 e. The minimum Gasteiger partial charge on any atom is -0.444 e. The number of rotatable bonds is 3. The van der Waals surface area contributed by atoms with Crippen molar-refractivity contribution in [3.8, 4) is 0 Å². The molecule has 1 rings (SSSR count). The third kappa shape index (κ3) is 6.95. The van der Waals surface area contributed by atoms with Crippen molar-refractivity contribution in [1.29, 1.82) is 0 Å². The standard InChI is InChI=1S/C14H18N2O5/c1-14(2,3)20-13(19)15-9-11(17)16-21-12(18)10-7-5-4-6-8-10/h4-8H,9H2,1-3H3,(H,15,19)(H,16,17). The molecule has 1 aromatic rings. The second-order valence-corrected chi connectivity index (χ2v) is 5.14. The second-order valence-electron chi connectivity index (χ2n) is 5.14. The van der Waals surface area contributed by atoms with Crippen LogP contribution in [0.5, 0.6) is 0 Å². The maximum atomic E-state index is 11.5. The molecule has 2 N–H and O–H groups in total. The number of amides is 2. The highest BCUT2D eigenvalue weighted by Crippen LogP contribution is 2.06. The number of benzene rings is 1. The van der Waals surface area contributed by atoms with Crippen LogP contribution >= 0.6 is 0 Å². The summed E-state index contributed by atoms with van der Waals surface area (Å²) in [6.07, 6.45) is -0.730. The van der Waals surface area contributed by atoms with Gasteiger partial charge in [-0.15, -0.1) is 0 Å². The lowest BCUT2D eigenvalue weighted by atomic mass is 10.2. The first kappa shape index (κ1) is 16.5. The molecule has 0 radical (unpaired) electrons. The average Bonchev–Trinajstić information content (AvgIpc) is 2.41. The molecular weight excluding hydrogens is 276 g/mol. The molecule has 0 saturated carbocycles. The predicted octanol–water partition coefficient (Wildman–Crippen LogP) is 1.40. The summed E-state index contributed by atoms with van der Waals surface area (Å²) in [7, 11) is 0. The molecule has 0 heterocycles. The molecule has 0 aliphatic carbocycles. The summed E-state index contributed by atoms with van der Waals surface area (Å²) < 4.78 is 4.95. The van der Waals surface area contributed by atoms with E-state index in [-0.39, 0.29) is 6.54 Å². The van der Waals surface area contributed by atoms with E-state index < -0.39 is 23.6 Å². The van der Waals surface area contributed by atoms with Crippen molar-refractivity contribution in [1.82, 2.24) is 10.8 Å². The quantitative estimate of drug-likeness (QED) is 0.822. The fourth-order valence-corrected chi connectivity index (χ4v) is 1.24. The van der Waals surface area contributed by atoms with Crippen molar-refractivity contribution in [2.75, 3.05) is 6.54 Å². The van der Waals surface area contributed by atoms with Gasteiger partial charge in [0.15, 0.2) is 0 Å². The first-order valence-corrected chi connectivity index (χ1v) is 6.30. The molecule has 0 aromatic heterocycles. The molecule has 1 aromatic carbocycles. The highest BCUT2D eigenvalue weighted by molar-refractivity contribution is 5.90. The Labute approximate surface area is 122 Å². The molecule has 2 amide bonds. The van der Waals surface area contributed by atoms with E-state index in [1.165, 1.54) is 0 Å². The highest BCUT2D eigenvalue weighted by atomic mass is 16.7. The van der Waals surface area contributed by atoms with Crippen molar-refractivity contribution in [3.63, 3.8) is 0 Å². The number of hydroxylamine groups is 1. The molecule has 0 saturated heterocycles. The molecule has 0 bridgehead atoms. The van der Waals surface area contributed by atoms with E-state index in [1.807, 2.05) is 5.48 Å². The minimum atomic E-state index is -0.730. The Morgan fingerprint density at radius 3 is 2.29 bits per heavy atom. The van der Waals surface area contributed by atoms with Gasteiger partial charge in [0, 0.05) is 0 Å². The van der Waals surface area contributed by atoms with Crippen LogP contribution in [0.2, 0.25) is 0 Å². The number of hydrogen-bond donors (Lipinski definition) is 2. The van der Waals surface area contributed by atoms with Crippen LogP contribution in [-0.2, 0) is 14.4 Å². The zero-order valence-electron chi connectivity index (χ0n) is 12.1. The average molecular weight is 294 g/mol. The number of carbonyl (C=O) groups excluding carboxylic acids is 3. The molecular formula is C14H18N2O5. The van der Waals surface area contributed by atoms with Crippen LogP contribution in [0, 0.1) is 0 Å².